The standard InChI is InChI=1S/C21H28N2O/c1-16(2)17-5-9-19(10-6-17)24-20-11-7-18(8-12-20)21(15-22)23-13-3-4-14-23/h5-12,16,21H,3-4,13-15,22H2,1-2H3. The number of rotatable bonds is 6. The highest BCUT2D eigenvalue weighted by Gasteiger charge is 2.22. The zero-order valence-corrected chi connectivity index (χ0v) is 14.7. The van der Waals surface area contributed by atoms with Crippen LogP contribution in [0.25, 0.3) is 0 Å². The highest BCUT2D eigenvalue weighted by Crippen LogP contribution is 2.28. The van der Waals surface area contributed by atoms with Crippen molar-refractivity contribution in [2.24, 2.45) is 5.73 Å². The lowest BCUT2D eigenvalue weighted by atomic mass is 10.0. The van der Waals surface area contributed by atoms with Crippen LogP contribution in [-0.4, -0.2) is 24.5 Å². The van der Waals surface area contributed by atoms with Crippen LogP contribution in [0.4, 0.5) is 0 Å². The second-order valence-corrected chi connectivity index (χ2v) is 6.89. The Hall–Kier alpha value is -1.84. The van der Waals surface area contributed by atoms with Gasteiger partial charge >= 0.3 is 0 Å². The Bertz CT molecular complexity index is 628. The van der Waals surface area contributed by atoms with Crippen molar-refractivity contribution in [2.75, 3.05) is 19.6 Å². The Balaban J connectivity index is 1.67. The highest BCUT2D eigenvalue weighted by molar-refractivity contribution is 5.36. The SMILES string of the molecule is CC(C)c1ccc(Oc2ccc(C(CN)N3CCCC3)cc2)cc1. The summed E-state index contributed by atoms with van der Waals surface area (Å²) >= 11 is 0. The van der Waals surface area contributed by atoms with Crippen molar-refractivity contribution < 1.29 is 4.74 Å². The quantitative estimate of drug-likeness (QED) is 0.837. The first-order valence-corrected chi connectivity index (χ1v) is 8.99. The summed E-state index contributed by atoms with van der Waals surface area (Å²) in [6, 6.07) is 17.0. The zero-order chi connectivity index (χ0) is 16.9. The summed E-state index contributed by atoms with van der Waals surface area (Å²) in [6.07, 6.45) is 2.56. The third kappa shape index (κ3) is 3.97. The maximum Gasteiger partial charge on any atom is 0.127 e. The summed E-state index contributed by atoms with van der Waals surface area (Å²) in [4.78, 5) is 2.49. The molecule has 1 unspecified atom stereocenters. The molecule has 24 heavy (non-hydrogen) atoms. The number of nitrogens with zero attached hydrogens (tertiary/aromatic N) is 1. The van der Waals surface area contributed by atoms with Gasteiger partial charge in [0.15, 0.2) is 0 Å². The van der Waals surface area contributed by atoms with Gasteiger partial charge in [-0.2, -0.15) is 0 Å². The fraction of sp³-hybridized carbons (Fsp3) is 0.429. The fourth-order valence-corrected chi connectivity index (χ4v) is 3.36. The van der Waals surface area contributed by atoms with E-state index in [9.17, 15) is 0 Å². The Morgan fingerprint density at radius 1 is 0.875 bits per heavy atom. The maximum atomic E-state index is 6.01. The molecule has 1 fully saturated rings. The lowest BCUT2D eigenvalue weighted by Gasteiger charge is -2.26. The number of hydrogen-bond acceptors (Lipinski definition) is 3. The van der Waals surface area contributed by atoms with Gasteiger partial charge in [0.1, 0.15) is 11.5 Å². The third-order valence-electron chi connectivity index (χ3n) is 4.85. The van der Waals surface area contributed by atoms with Gasteiger partial charge in [-0.3, -0.25) is 4.90 Å². The van der Waals surface area contributed by atoms with Crippen molar-refractivity contribution in [3.63, 3.8) is 0 Å². The molecule has 0 amide bonds. The summed E-state index contributed by atoms with van der Waals surface area (Å²) in [5.41, 5.74) is 8.62. The first-order chi connectivity index (χ1) is 11.7. The molecule has 0 saturated carbocycles. The molecule has 2 aromatic rings. The first kappa shape index (κ1) is 17.0. The molecule has 0 aromatic heterocycles. The molecule has 3 nitrogen and oxygen atoms in total. The van der Waals surface area contributed by atoms with Crippen LogP contribution >= 0.6 is 0 Å². The van der Waals surface area contributed by atoms with Crippen LogP contribution in [0.1, 0.15) is 49.8 Å². The van der Waals surface area contributed by atoms with Crippen LogP contribution in [0.5, 0.6) is 11.5 Å². The molecule has 0 radical (unpaired) electrons. The van der Waals surface area contributed by atoms with Gasteiger partial charge in [0, 0.05) is 12.6 Å². The van der Waals surface area contributed by atoms with Crippen molar-refractivity contribution in [2.45, 2.75) is 38.6 Å². The average Bonchev–Trinajstić information content (AvgIpc) is 3.12. The molecule has 1 atom stereocenters. The van der Waals surface area contributed by atoms with Gasteiger partial charge in [-0.15, -0.1) is 0 Å². The van der Waals surface area contributed by atoms with E-state index in [-0.39, 0.29) is 0 Å². The molecule has 128 valence electrons. The number of hydrogen-bond donors (Lipinski definition) is 1. The molecule has 1 aliphatic rings. The van der Waals surface area contributed by atoms with E-state index in [1.165, 1.54) is 24.0 Å². The molecule has 2 aromatic carbocycles. The van der Waals surface area contributed by atoms with E-state index in [4.69, 9.17) is 10.5 Å². The lowest BCUT2D eigenvalue weighted by Crippen LogP contribution is -2.31. The molecular weight excluding hydrogens is 296 g/mol. The van der Waals surface area contributed by atoms with Gasteiger partial charge in [0.25, 0.3) is 0 Å². The molecular formula is C21H28N2O. The van der Waals surface area contributed by atoms with E-state index in [1.54, 1.807) is 0 Å². The minimum atomic E-state index is 0.326. The summed E-state index contributed by atoms with van der Waals surface area (Å²) in [5.74, 6) is 2.28. The summed E-state index contributed by atoms with van der Waals surface area (Å²) in [7, 11) is 0. The van der Waals surface area contributed by atoms with Crippen molar-refractivity contribution in [1.29, 1.82) is 0 Å². The molecule has 3 heteroatoms. The van der Waals surface area contributed by atoms with Crippen molar-refractivity contribution in [3.05, 3.63) is 59.7 Å². The van der Waals surface area contributed by atoms with Gasteiger partial charge in [-0.25, -0.2) is 0 Å². The fourth-order valence-electron chi connectivity index (χ4n) is 3.36. The Morgan fingerprint density at radius 2 is 1.38 bits per heavy atom. The normalized spacial score (nSPS) is 16.5. The summed E-state index contributed by atoms with van der Waals surface area (Å²) in [5, 5.41) is 0. The predicted molar refractivity (Wildman–Crippen MR) is 99.6 cm³/mol. The van der Waals surface area contributed by atoms with Gasteiger partial charge in [-0.05, 0) is 67.2 Å². The summed E-state index contributed by atoms with van der Waals surface area (Å²) in [6.45, 7) is 7.37. The first-order valence-electron chi connectivity index (χ1n) is 8.99. The van der Waals surface area contributed by atoms with Crippen molar-refractivity contribution >= 4 is 0 Å². The molecule has 0 bridgehead atoms. The van der Waals surface area contributed by atoms with Crippen LogP contribution in [-0.2, 0) is 0 Å². The Labute approximate surface area is 145 Å². The number of nitrogens with two attached hydrogens (primary N) is 1. The van der Waals surface area contributed by atoms with Gasteiger partial charge in [0.2, 0.25) is 0 Å². The minimum absolute atomic E-state index is 0.326. The third-order valence-corrected chi connectivity index (χ3v) is 4.85. The molecule has 0 aliphatic carbocycles. The Morgan fingerprint density at radius 3 is 1.83 bits per heavy atom. The maximum absolute atomic E-state index is 6.01. The number of benzene rings is 2. The van der Waals surface area contributed by atoms with E-state index >= 15 is 0 Å². The molecule has 0 spiro atoms. The lowest BCUT2D eigenvalue weighted by molar-refractivity contribution is 0.251. The van der Waals surface area contributed by atoms with E-state index in [2.05, 4.69) is 43.0 Å². The summed E-state index contributed by atoms with van der Waals surface area (Å²) < 4.78 is 5.96. The largest absolute Gasteiger partial charge is 0.457 e. The highest BCUT2D eigenvalue weighted by atomic mass is 16.5. The second kappa shape index (κ2) is 7.82. The van der Waals surface area contributed by atoms with Crippen LogP contribution in [0.15, 0.2) is 48.5 Å². The van der Waals surface area contributed by atoms with Gasteiger partial charge < -0.3 is 10.5 Å². The molecule has 1 heterocycles. The van der Waals surface area contributed by atoms with E-state index in [1.807, 2.05) is 24.3 Å². The van der Waals surface area contributed by atoms with Crippen LogP contribution < -0.4 is 10.5 Å². The second-order valence-electron chi connectivity index (χ2n) is 6.89. The number of likely N-dealkylation sites (tertiary alicyclic amines) is 1. The minimum Gasteiger partial charge on any atom is -0.457 e. The average molecular weight is 324 g/mol. The molecule has 1 saturated heterocycles. The molecule has 2 N–H and O–H groups in total. The Kier molecular flexibility index (Phi) is 5.54. The topological polar surface area (TPSA) is 38.5 Å². The van der Waals surface area contributed by atoms with Crippen LogP contribution in [0.3, 0.4) is 0 Å². The van der Waals surface area contributed by atoms with Gasteiger partial charge in [0.05, 0.1) is 0 Å². The van der Waals surface area contributed by atoms with Crippen LogP contribution in [0.2, 0.25) is 0 Å². The molecule has 1 aliphatic heterocycles. The zero-order valence-electron chi connectivity index (χ0n) is 14.7. The van der Waals surface area contributed by atoms with E-state index in [0.717, 1.165) is 24.6 Å². The van der Waals surface area contributed by atoms with Crippen molar-refractivity contribution in [3.8, 4) is 11.5 Å². The molecule has 3 rings (SSSR count). The van der Waals surface area contributed by atoms with Gasteiger partial charge in [-0.1, -0.05) is 38.1 Å². The van der Waals surface area contributed by atoms with E-state index < -0.39 is 0 Å². The van der Waals surface area contributed by atoms with E-state index in [0.29, 0.717) is 18.5 Å². The number of ether oxygens (including phenoxy) is 1. The smallest absolute Gasteiger partial charge is 0.127 e. The monoisotopic (exact) mass is 324 g/mol. The predicted octanol–water partition coefficient (Wildman–Crippen LogP) is 4.70. The van der Waals surface area contributed by atoms with Crippen LogP contribution in [0, 0.1) is 0 Å². The van der Waals surface area contributed by atoms with Crippen molar-refractivity contribution in [1.82, 2.24) is 4.90 Å².